The zero-order chi connectivity index (χ0) is 16.0. The van der Waals surface area contributed by atoms with Gasteiger partial charge < -0.3 is 10.6 Å². The molecule has 0 bridgehead atoms. The van der Waals surface area contributed by atoms with Crippen LogP contribution in [0.3, 0.4) is 0 Å². The van der Waals surface area contributed by atoms with Crippen LogP contribution in [0.4, 0.5) is 0 Å². The van der Waals surface area contributed by atoms with Gasteiger partial charge in [-0.25, -0.2) is 4.98 Å². The largest absolute Gasteiger partial charge is 0.338 e. The molecule has 1 saturated carbocycles. The van der Waals surface area contributed by atoms with Gasteiger partial charge in [-0.1, -0.05) is 12.1 Å². The zero-order valence-electron chi connectivity index (χ0n) is 13.2. The molecule has 3 atom stereocenters. The number of likely N-dealkylation sites (tertiary alicyclic amines) is 1. The first-order chi connectivity index (χ1) is 11.1. The highest BCUT2D eigenvalue weighted by Gasteiger charge is 2.42. The Morgan fingerprint density at radius 2 is 2.22 bits per heavy atom. The van der Waals surface area contributed by atoms with Crippen LogP contribution >= 0.6 is 11.3 Å². The maximum Gasteiger partial charge on any atom is 0.253 e. The van der Waals surface area contributed by atoms with Crippen molar-refractivity contribution in [2.24, 2.45) is 17.6 Å². The summed E-state index contributed by atoms with van der Waals surface area (Å²) in [4.78, 5) is 19.3. The average molecular weight is 327 g/mol. The van der Waals surface area contributed by atoms with Crippen molar-refractivity contribution < 1.29 is 4.79 Å². The summed E-state index contributed by atoms with van der Waals surface area (Å²) < 4.78 is 0. The maximum atomic E-state index is 12.8. The fraction of sp³-hybridized carbons (Fsp3) is 0.444. The molecule has 2 aliphatic rings. The van der Waals surface area contributed by atoms with E-state index in [2.05, 4.69) is 4.98 Å². The van der Waals surface area contributed by atoms with Crippen molar-refractivity contribution >= 4 is 17.2 Å². The second-order valence-electron chi connectivity index (χ2n) is 6.71. The Morgan fingerprint density at radius 1 is 1.35 bits per heavy atom. The van der Waals surface area contributed by atoms with E-state index in [1.165, 1.54) is 0 Å². The molecule has 4 nitrogen and oxygen atoms in total. The summed E-state index contributed by atoms with van der Waals surface area (Å²) in [5.74, 6) is 1.21. The predicted molar refractivity (Wildman–Crippen MR) is 92.4 cm³/mol. The Hall–Kier alpha value is -1.72. The summed E-state index contributed by atoms with van der Waals surface area (Å²) in [6, 6.07) is 8.09. The van der Waals surface area contributed by atoms with Gasteiger partial charge in [-0.15, -0.1) is 11.3 Å². The minimum absolute atomic E-state index is 0.125. The molecule has 1 aliphatic heterocycles. The summed E-state index contributed by atoms with van der Waals surface area (Å²) in [6.45, 7) is 3.66. The van der Waals surface area contributed by atoms with Crippen LogP contribution in [0.1, 0.15) is 28.2 Å². The van der Waals surface area contributed by atoms with Gasteiger partial charge in [-0.05, 0) is 43.7 Å². The number of fused-ring (bicyclic) bond motifs is 1. The second-order valence-corrected chi connectivity index (χ2v) is 7.77. The van der Waals surface area contributed by atoms with Gasteiger partial charge in [0, 0.05) is 35.6 Å². The second kappa shape index (κ2) is 5.73. The monoisotopic (exact) mass is 327 g/mol. The Balaban J connectivity index is 1.55. The Morgan fingerprint density at radius 3 is 2.96 bits per heavy atom. The number of hydrogen-bond acceptors (Lipinski definition) is 4. The first-order valence-electron chi connectivity index (χ1n) is 8.19. The van der Waals surface area contributed by atoms with E-state index >= 15 is 0 Å². The van der Waals surface area contributed by atoms with Crippen molar-refractivity contribution in [2.75, 3.05) is 13.1 Å². The molecule has 4 rings (SSSR count). The van der Waals surface area contributed by atoms with E-state index in [4.69, 9.17) is 5.73 Å². The van der Waals surface area contributed by atoms with Crippen LogP contribution in [0, 0.1) is 18.8 Å². The molecule has 1 aliphatic carbocycles. The fourth-order valence-electron chi connectivity index (χ4n) is 3.96. The van der Waals surface area contributed by atoms with Crippen LogP contribution < -0.4 is 5.73 Å². The molecular weight excluding hydrogens is 306 g/mol. The van der Waals surface area contributed by atoms with Gasteiger partial charge in [-0.3, -0.25) is 4.79 Å². The standard InChI is InChI=1S/C18H21N3OS/c1-11-20-17(10-23-11)12-3-2-4-13(7-12)18(22)21-8-14-5-6-16(19)15(14)9-21/h2-4,7,10,14-16H,5-6,8-9,19H2,1H3. The molecule has 3 unspecified atom stereocenters. The van der Waals surface area contributed by atoms with Crippen molar-refractivity contribution in [1.82, 2.24) is 9.88 Å². The van der Waals surface area contributed by atoms with E-state index in [0.29, 0.717) is 11.8 Å². The van der Waals surface area contributed by atoms with Gasteiger partial charge in [-0.2, -0.15) is 0 Å². The van der Waals surface area contributed by atoms with Crippen molar-refractivity contribution in [3.63, 3.8) is 0 Å². The van der Waals surface area contributed by atoms with E-state index < -0.39 is 0 Å². The van der Waals surface area contributed by atoms with Crippen molar-refractivity contribution in [1.29, 1.82) is 0 Å². The van der Waals surface area contributed by atoms with Crippen LogP contribution in [-0.2, 0) is 0 Å². The number of carbonyl (C=O) groups excluding carboxylic acids is 1. The van der Waals surface area contributed by atoms with E-state index in [9.17, 15) is 4.79 Å². The Labute approximate surface area is 140 Å². The molecule has 5 heteroatoms. The van der Waals surface area contributed by atoms with Gasteiger partial charge in [0.1, 0.15) is 0 Å². The summed E-state index contributed by atoms with van der Waals surface area (Å²) >= 11 is 1.63. The molecule has 0 spiro atoms. The normalized spacial score (nSPS) is 26.5. The SMILES string of the molecule is Cc1nc(-c2cccc(C(=O)N3CC4CCC(N)C4C3)c2)cs1. The fourth-order valence-corrected chi connectivity index (χ4v) is 4.59. The van der Waals surface area contributed by atoms with Gasteiger partial charge in [0.2, 0.25) is 0 Å². The van der Waals surface area contributed by atoms with Crippen LogP contribution in [0.25, 0.3) is 11.3 Å². The van der Waals surface area contributed by atoms with Crippen LogP contribution in [0.5, 0.6) is 0 Å². The highest BCUT2D eigenvalue weighted by atomic mass is 32.1. The first kappa shape index (κ1) is 14.8. The third-order valence-electron chi connectivity index (χ3n) is 5.22. The number of nitrogens with zero attached hydrogens (tertiary/aromatic N) is 2. The average Bonchev–Trinajstić information content (AvgIpc) is 3.25. The molecule has 2 aromatic rings. The molecular formula is C18H21N3OS. The minimum Gasteiger partial charge on any atom is -0.338 e. The number of rotatable bonds is 2. The number of thiazole rings is 1. The topological polar surface area (TPSA) is 59.2 Å². The molecule has 2 heterocycles. The van der Waals surface area contributed by atoms with Gasteiger partial charge >= 0.3 is 0 Å². The first-order valence-corrected chi connectivity index (χ1v) is 9.07. The maximum absolute atomic E-state index is 12.8. The van der Waals surface area contributed by atoms with Crippen LogP contribution in [-0.4, -0.2) is 34.9 Å². The van der Waals surface area contributed by atoms with Gasteiger partial charge in [0.15, 0.2) is 0 Å². The molecule has 1 amide bonds. The van der Waals surface area contributed by atoms with Crippen LogP contribution in [0.2, 0.25) is 0 Å². The van der Waals surface area contributed by atoms with E-state index in [-0.39, 0.29) is 11.9 Å². The molecule has 2 fully saturated rings. The molecule has 23 heavy (non-hydrogen) atoms. The Kier molecular flexibility index (Phi) is 3.70. The lowest BCUT2D eigenvalue weighted by molar-refractivity contribution is 0.0779. The predicted octanol–water partition coefficient (Wildman–Crippen LogP) is 2.93. The third kappa shape index (κ3) is 2.68. The molecule has 1 saturated heterocycles. The summed E-state index contributed by atoms with van der Waals surface area (Å²) in [5, 5.41) is 3.08. The summed E-state index contributed by atoms with van der Waals surface area (Å²) in [5.41, 5.74) is 8.89. The zero-order valence-corrected chi connectivity index (χ0v) is 14.1. The van der Waals surface area contributed by atoms with Crippen molar-refractivity contribution in [3.8, 4) is 11.3 Å². The minimum atomic E-state index is 0.125. The number of nitrogens with two attached hydrogens (primary N) is 1. The molecule has 2 N–H and O–H groups in total. The summed E-state index contributed by atoms with van der Waals surface area (Å²) in [6.07, 6.45) is 2.27. The molecule has 1 aromatic carbocycles. The highest BCUT2D eigenvalue weighted by Crippen LogP contribution is 2.37. The van der Waals surface area contributed by atoms with E-state index in [0.717, 1.165) is 47.8 Å². The molecule has 120 valence electrons. The number of aromatic nitrogens is 1. The quantitative estimate of drug-likeness (QED) is 0.922. The number of aryl methyl sites for hydroxylation is 1. The molecule has 0 radical (unpaired) electrons. The number of benzene rings is 1. The Bertz CT molecular complexity index is 741. The lowest BCUT2D eigenvalue weighted by Gasteiger charge is -2.19. The van der Waals surface area contributed by atoms with Gasteiger partial charge in [0.05, 0.1) is 10.7 Å². The van der Waals surface area contributed by atoms with Crippen molar-refractivity contribution in [3.05, 3.63) is 40.2 Å². The number of amides is 1. The van der Waals surface area contributed by atoms with E-state index in [1.54, 1.807) is 11.3 Å². The van der Waals surface area contributed by atoms with E-state index in [1.807, 2.05) is 41.5 Å². The van der Waals surface area contributed by atoms with Crippen molar-refractivity contribution in [2.45, 2.75) is 25.8 Å². The van der Waals surface area contributed by atoms with Crippen LogP contribution in [0.15, 0.2) is 29.6 Å². The molecule has 1 aromatic heterocycles. The lowest BCUT2D eigenvalue weighted by atomic mass is 9.98. The van der Waals surface area contributed by atoms with Gasteiger partial charge in [0.25, 0.3) is 5.91 Å². The number of carbonyl (C=O) groups is 1. The summed E-state index contributed by atoms with van der Waals surface area (Å²) in [7, 11) is 0. The highest BCUT2D eigenvalue weighted by molar-refractivity contribution is 7.09. The lowest BCUT2D eigenvalue weighted by Crippen LogP contribution is -2.33. The number of hydrogen-bond donors (Lipinski definition) is 1. The smallest absolute Gasteiger partial charge is 0.253 e. The third-order valence-corrected chi connectivity index (χ3v) is 6.00.